The number of hydrogen-bond acceptors (Lipinski definition) is 2. The predicted molar refractivity (Wildman–Crippen MR) is 72.7 cm³/mol. The summed E-state index contributed by atoms with van der Waals surface area (Å²) in [5.41, 5.74) is 8.26. The highest BCUT2D eigenvalue weighted by Crippen LogP contribution is 2.28. The van der Waals surface area contributed by atoms with Crippen LogP contribution < -0.4 is 5.73 Å². The Morgan fingerprint density at radius 2 is 1.82 bits per heavy atom. The molecule has 1 aliphatic rings. The Kier molecular flexibility index (Phi) is 4.57. The largest absolute Gasteiger partial charge is 0.326 e. The van der Waals surface area contributed by atoms with Crippen LogP contribution in [0, 0.1) is 0 Å². The second kappa shape index (κ2) is 6.18. The summed E-state index contributed by atoms with van der Waals surface area (Å²) in [5, 5.41) is 0. The van der Waals surface area contributed by atoms with Crippen molar-refractivity contribution < 1.29 is 0 Å². The first kappa shape index (κ1) is 12.6. The molecule has 0 aromatic heterocycles. The summed E-state index contributed by atoms with van der Waals surface area (Å²) in [6.45, 7) is 5.26. The summed E-state index contributed by atoms with van der Waals surface area (Å²) >= 11 is 0. The molecule has 2 heteroatoms. The Labute approximate surface area is 105 Å². The van der Waals surface area contributed by atoms with Gasteiger partial charge < -0.3 is 5.73 Å². The van der Waals surface area contributed by atoms with Crippen molar-refractivity contribution in [3.05, 3.63) is 35.4 Å². The van der Waals surface area contributed by atoms with Gasteiger partial charge in [0.2, 0.25) is 0 Å². The van der Waals surface area contributed by atoms with Gasteiger partial charge in [-0.05, 0) is 36.9 Å². The van der Waals surface area contributed by atoms with Crippen molar-refractivity contribution >= 4 is 0 Å². The van der Waals surface area contributed by atoms with Crippen LogP contribution in [0.3, 0.4) is 0 Å². The summed E-state index contributed by atoms with van der Waals surface area (Å²) < 4.78 is 0. The van der Waals surface area contributed by atoms with Crippen molar-refractivity contribution in [1.29, 1.82) is 0 Å². The van der Waals surface area contributed by atoms with Crippen LogP contribution in [-0.4, -0.2) is 17.5 Å². The molecule has 1 saturated carbocycles. The Morgan fingerprint density at radius 3 is 2.35 bits per heavy atom. The maximum atomic E-state index is 5.61. The Hall–Kier alpha value is -0.860. The molecule has 1 aromatic rings. The minimum atomic E-state index is 0.641. The molecule has 2 N–H and O–H groups in total. The molecule has 0 atom stereocenters. The zero-order chi connectivity index (χ0) is 12.1. The number of rotatable bonds is 7. The highest BCUT2D eigenvalue weighted by Gasteiger charge is 2.28. The van der Waals surface area contributed by atoms with E-state index >= 15 is 0 Å². The van der Waals surface area contributed by atoms with E-state index in [0.717, 1.165) is 12.6 Å². The van der Waals surface area contributed by atoms with Gasteiger partial charge >= 0.3 is 0 Å². The van der Waals surface area contributed by atoms with Gasteiger partial charge in [-0.25, -0.2) is 0 Å². The van der Waals surface area contributed by atoms with E-state index in [-0.39, 0.29) is 0 Å². The lowest BCUT2D eigenvalue weighted by atomic mass is 10.1. The molecule has 0 saturated heterocycles. The monoisotopic (exact) mass is 232 g/mol. The molecular formula is C15H24N2. The smallest absolute Gasteiger partial charge is 0.0236 e. The van der Waals surface area contributed by atoms with Crippen LogP contribution >= 0.6 is 0 Å². The van der Waals surface area contributed by atoms with Crippen molar-refractivity contribution in [2.24, 2.45) is 5.73 Å². The normalized spacial score (nSPS) is 15.5. The molecule has 2 nitrogen and oxygen atoms in total. The van der Waals surface area contributed by atoms with Gasteiger partial charge in [0.25, 0.3) is 0 Å². The number of unbranched alkanes of at least 4 members (excludes halogenated alkanes) is 1. The number of hydrogen-bond donors (Lipinski definition) is 1. The van der Waals surface area contributed by atoms with Crippen LogP contribution in [0.1, 0.15) is 43.7 Å². The molecule has 1 fully saturated rings. The van der Waals surface area contributed by atoms with E-state index < -0.39 is 0 Å². The predicted octanol–water partition coefficient (Wildman–Crippen LogP) is 2.91. The first-order valence-electron chi connectivity index (χ1n) is 6.85. The van der Waals surface area contributed by atoms with Crippen LogP contribution in [0.15, 0.2) is 24.3 Å². The first-order chi connectivity index (χ1) is 8.33. The molecule has 0 unspecified atom stereocenters. The van der Waals surface area contributed by atoms with E-state index in [2.05, 4.69) is 36.1 Å². The Morgan fingerprint density at radius 1 is 1.18 bits per heavy atom. The molecule has 1 aliphatic carbocycles. The third kappa shape index (κ3) is 3.83. The molecule has 2 rings (SSSR count). The van der Waals surface area contributed by atoms with Gasteiger partial charge in [0, 0.05) is 19.1 Å². The highest BCUT2D eigenvalue weighted by molar-refractivity contribution is 5.22. The fraction of sp³-hybridized carbons (Fsp3) is 0.600. The van der Waals surface area contributed by atoms with Gasteiger partial charge in [0.15, 0.2) is 0 Å². The van der Waals surface area contributed by atoms with Crippen molar-refractivity contribution in [2.75, 3.05) is 6.54 Å². The van der Waals surface area contributed by atoms with Crippen LogP contribution in [0.4, 0.5) is 0 Å². The second-order valence-electron chi connectivity index (χ2n) is 5.08. The summed E-state index contributed by atoms with van der Waals surface area (Å²) in [5.74, 6) is 0. The van der Waals surface area contributed by atoms with Crippen molar-refractivity contribution in [1.82, 2.24) is 4.90 Å². The summed E-state index contributed by atoms with van der Waals surface area (Å²) in [6.07, 6.45) is 5.39. The maximum absolute atomic E-state index is 5.61. The van der Waals surface area contributed by atoms with E-state index in [9.17, 15) is 0 Å². The van der Waals surface area contributed by atoms with E-state index in [4.69, 9.17) is 5.73 Å². The second-order valence-corrected chi connectivity index (χ2v) is 5.08. The Bertz CT molecular complexity index is 327. The van der Waals surface area contributed by atoms with Gasteiger partial charge in [-0.1, -0.05) is 37.6 Å². The van der Waals surface area contributed by atoms with E-state index in [0.29, 0.717) is 6.54 Å². The fourth-order valence-electron chi connectivity index (χ4n) is 2.21. The molecule has 0 bridgehead atoms. The minimum Gasteiger partial charge on any atom is -0.326 e. The van der Waals surface area contributed by atoms with Gasteiger partial charge in [-0.15, -0.1) is 0 Å². The molecule has 0 spiro atoms. The van der Waals surface area contributed by atoms with Crippen LogP contribution in [0.25, 0.3) is 0 Å². The van der Waals surface area contributed by atoms with Crippen molar-refractivity contribution in [2.45, 2.75) is 51.7 Å². The Balaban J connectivity index is 1.91. The van der Waals surface area contributed by atoms with Crippen molar-refractivity contribution in [3.63, 3.8) is 0 Å². The summed E-state index contributed by atoms with van der Waals surface area (Å²) in [4.78, 5) is 2.64. The van der Waals surface area contributed by atoms with E-state index in [1.165, 1.54) is 43.4 Å². The van der Waals surface area contributed by atoms with E-state index in [1.54, 1.807) is 0 Å². The highest BCUT2D eigenvalue weighted by atomic mass is 15.2. The number of nitrogens with zero attached hydrogens (tertiary/aromatic N) is 1. The molecule has 0 radical (unpaired) electrons. The maximum Gasteiger partial charge on any atom is 0.0236 e. The van der Waals surface area contributed by atoms with Gasteiger partial charge in [0.05, 0.1) is 0 Å². The zero-order valence-electron chi connectivity index (χ0n) is 10.9. The molecule has 0 heterocycles. The standard InChI is InChI=1S/C15H24N2/c1-2-3-10-17(15-8-9-15)12-14-6-4-13(11-16)5-7-14/h4-7,15H,2-3,8-12,16H2,1H3. The van der Waals surface area contributed by atoms with Crippen molar-refractivity contribution in [3.8, 4) is 0 Å². The lowest BCUT2D eigenvalue weighted by Gasteiger charge is -2.21. The van der Waals surface area contributed by atoms with Crippen LogP contribution in [0.2, 0.25) is 0 Å². The van der Waals surface area contributed by atoms with Crippen LogP contribution in [-0.2, 0) is 13.1 Å². The van der Waals surface area contributed by atoms with Gasteiger partial charge in [0.1, 0.15) is 0 Å². The number of nitrogens with two attached hydrogens (primary N) is 1. The zero-order valence-corrected chi connectivity index (χ0v) is 10.9. The SMILES string of the molecule is CCCCN(Cc1ccc(CN)cc1)C1CC1. The molecular weight excluding hydrogens is 208 g/mol. The lowest BCUT2D eigenvalue weighted by molar-refractivity contribution is 0.250. The molecule has 0 amide bonds. The average Bonchev–Trinajstić information content (AvgIpc) is 3.19. The quantitative estimate of drug-likeness (QED) is 0.783. The topological polar surface area (TPSA) is 29.3 Å². The number of benzene rings is 1. The molecule has 94 valence electrons. The average molecular weight is 232 g/mol. The molecule has 1 aromatic carbocycles. The summed E-state index contributed by atoms with van der Waals surface area (Å²) in [6, 6.07) is 9.61. The first-order valence-corrected chi connectivity index (χ1v) is 6.85. The minimum absolute atomic E-state index is 0.641. The van der Waals surface area contributed by atoms with Crippen LogP contribution in [0.5, 0.6) is 0 Å². The van der Waals surface area contributed by atoms with Gasteiger partial charge in [-0.2, -0.15) is 0 Å². The summed E-state index contributed by atoms with van der Waals surface area (Å²) in [7, 11) is 0. The molecule has 0 aliphatic heterocycles. The third-order valence-corrected chi connectivity index (χ3v) is 3.51. The lowest BCUT2D eigenvalue weighted by Crippen LogP contribution is -2.26. The fourth-order valence-corrected chi connectivity index (χ4v) is 2.21. The third-order valence-electron chi connectivity index (χ3n) is 3.51. The molecule has 17 heavy (non-hydrogen) atoms. The van der Waals surface area contributed by atoms with E-state index in [1.807, 2.05) is 0 Å². The van der Waals surface area contributed by atoms with Gasteiger partial charge in [-0.3, -0.25) is 4.90 Å².